The van der Waals surface area contributed by atoms with Crippen LogP contribution in [-0.2, 0) is 30.6 Å². The summed E-state index contributed by atoms with van der Waals surface area (Å²) in [6.07, 6.45) is 4.66. The van der Waals surface area contributed by atoms with Crippen molar-refractivity contribution in [2.24, 2.45) is 5.92 Å². The average molecular weight is 381 g/mol. The van der Waals surface area contributed by atoms with Crippen LogP contribution in [0.15, 0.2) is 0 Å². The van der Waals surface area contributed by atoms with Gasteiger partial charge < -0.3 is 9.64 Å². The average Bonchev–Trinajstić information content (AvgIpc) is 2.74. The molecule has 0 aromatic heterocycles. The molecule has 1 N–H and O–H groups in total. The number of fused-ring (bicyclic) bond motifs is 1. The Bertz CT molecular complexity index is 593. The monoisotopic (exact) mass is 380 g/mol. The lowest BCUT2D eigenvalue weighted by atomic mass is 9.82. The summed E-state index contributed by atoms with van der Waals surface area (Å²) in [6.45, 7) is 0.208. The van der Waals surface area contributed by atoms with Crippen LogP contribution in [0, 0.1) is 5.92 Å². The molecule has 2 rings (SSSR count). The first-order valence-corrected chi connectivity index (χ1v) is 11.5. The minimum Gasteiger partial charge on any atom is -0.444 e. The first-order valence-electron chi connectivity index (χ1n) is 7.87. The highest BCUT2D eigenvalue weighted by atomic mass is 32.2. The molecule has 8 nitrogen and oxygen atoms in total. The van der Waals surface area contributed by atoms with Crippen molar-refractivity contribution in [1.82, 2.24) is 13.9 Å². The maximum atomic E-state index is 12.3. The number of hydrogen-bond donors (Lipinski definition) is 1. The predicted molar refractivity (Wildman–Crippen MR) is 92.9 cm³/mol. The molecule has 1 aliphatic heterocycles. The molecular formula is C14H26N3O5S2+. The van der Waals surface area contributed by atoms with Crippen LogP contribution in [0.2, 0.25) is 0 Å². The van der Waals surface area contributed by atoms with Crippen LogP contribution in [0.5, 0.6) is 0 Å². The quantitative estimate of drug-likeness (QED) is 0.680. The number of nitrogens with one attached hydrogen (secondary N) is 1. The normalized spacial score (nSPS) is 28.5. The molecule has 2 fully saturated rings. The van der Waals surface area contributed by atoms with Gasteiger partial charge in [-0.15, -0.1) is 0 Å². The van der Waals surface area contributed by atoms with Gasteiger partial charge in [0.2, 0.25) is 5.91 Å². The van der Waals surface area contributed by atoms with Gasteiger partial charge in [0.15, 0.2) is 0 Å². The second kappa shape index (κ2) is 7.49. The number of ether oxygens (including phenoxy) is 1. The van der Waals surface area contributed by atoms with E-state index in [0.29, 0.717) is 25.0 Å². The van der Waals surface area contributed by atoms with E-state index < -0.39 is 28.4 Å². The van der Waals surface area contributed by atoms with E-state index >= 15 is 0 Å². The molecule has 0 aromatic carbocycles. The zero-order chi connectivity index (χ0) is 18.1. The molecule has 0 radical (unpaired) electrons. The maximum absolute atomic E-state index is 12.3. The van der Waals surface area contributed by atoms with Gasteiger partial charge in [-0.3, -0.25) is 4.79 Å². The first-order chi connectivity index (χ1) is 11.1. The molecule has 1 saturated heterocycles. The number of rotatable bonds is 4. The van der Waals surface area contributed by atoms with Gasteiger partial charge in [-0.25, -0.2) is 4.79 Å². The summed E-state index contributed by atoms with van der Waals surface area (Å²) in [5, 5.41) is 0. The molecule has 0 aromatic rings. The maximum Gasteiger partial charge on any atom is 0.425 e. The van der Waals surface area contributed by atoms with Crippen molar-refractivity contribution in [3.05, 3.63) is 0 Å². The van der Waals surface area contributed by atoms with Crippen LogP contribution < -0.4 is 4.72 Å². The van der Waals surface area contributed by atoms with Crippen LogP contribution >= 0.6 is 0 Å². The van der Waals surface area contributed by atoms with Gasteiger partial charge in [0, 0.05) is 26.1 Å². The molecule has 138 valence electrons. The van der Waals surface area contributed by atoms with E-state index in [4.69, 9.17) is 4.74 Å². The highest BCUT2D eigenvalue weighted by molar-refractivity contribution is 7.95. The molecular weight excluding hydrogens is 354 g/mol. The van der Waals surface area contributed by atoms with E-state index in [1.165, 1.54) is 4.90 Å². The zero-order valence-corrected chi connectivity index (χ0v) is 16.2. The summed E-state index contributed by atoms with van der Waals surface area (Å²) < 4.78 is 33.1. The standard InChI is InChI=1S/C14H26N3O5S2/c1-16(2)13(18)10-5-6-12-11(9-10)15-24(20,21)17(12)14(19)22-7-8-23(3)4/h10-12,15H,5-9H2,1-4H3/q+1/t10-,11?,12-/m0/s1. The molecule has 0 spiro atoms. The number of amides is 2. The molecule has 10 heteroatoms. The van der Waals surface area contributed by atoms with Crippen molar-refractivity contribution in [3.8, 4) is 0 Å². The summed E-state index contributed by atoms with van der Waals surface area (Å²) in [5.41, 5.74) is 0. The third kappa shape index (κ3) is 4.15. The highest BCUT2D eigenvalue weighted by Gasteiger charge is 2.51. The Morgan fingerprint density at radius 2 is 1.96 bits per heavy atom. The third-order valence-electron chi connectivity index (χ3n) is 4.36. The lowest BCUT2D eigenvalue weighted by molar-refractivity contribution is -0.134. The molecule has 1 aliphatic carbocycles. The molecule has 2 amide bonds. The summed E-state index contributed by atoms with van der Waals surface area (Å²) >= 11 is 0. The van der Waals surface area contributed by atoms with E-state index in [0.717, 1.165) is 4.31 Å². The number of hydrogen-bond acceptors (Lipinski definition) is 5. The van der Waals surface area contributed by atoms with Crippen molar-refractivity contribution in [2.75, 3.05) is 39.0 Å². The smallest absolute Gasteiger partial charge is 0.425 e. The van der Waals surface area contributed by atoms with Crippen molar-refractivity contribution in [3.63, 3.8) is 0 Å². The fourth-order valence-electron chi connectivity index (χ4n) is 3.17. The van der Waals surface area contributed by atoms with Crippen molar-refractivity contribution in [1.29, 1.82) is 0 Å². The van der Waals surface area contributed by atoms with Crippen LogP contribution in [-0.4, -0.2) is 80.7 Å². The Kier molecular flexibility index (Phi) is 6.03. The minimum absolute atomic E-state index is 0.00778. The summed E-state index contributed by atoms with van der Waals surface area (Å²) in [6, 6.07) is -0.910. The third-order valence-corrected chi connectivity index (χ3v) is 6.88. The van der Waals surface area contributed by atoms with Crippen LogP contribution in [0.1, 0.15) is 19.3 Å². The van der Waals surface area contributed by atoms with E-state index in [9.17, 15) is 18.0 Å². The summed E-state index contributed by atoms with van der Waals surface area (Å²) in [4.78, 5) is 25.9. The SMILES string of the molecule is CN(C)C(=O)[C@H]1CC[C@H]2C(C1)NS(=O)(=O)N2C(=O)OCC[S+](C)C. The Labute approximate surface area is 146 Å². The number of carbonyl (C=O) groups is 2. The first kappa shape index (κ1) is 19.3. The zero-order valence-electron chi connectivity index (χ0n) is 14.5. The number of carbonyl (C=O) groups excluding carboxylic acids is 2. The van der Waals surface area contributed by atoms with Gasteiger partial charge >= 0.3 is 16.3 Å². The molecule has 3 atom stereocenters. The molecule has 1 saturated carbocycles. The Balaban J connectivity index is 2.05. The molecule has 24 heavy (non-hydrogen) atoms. The largest absolute Gasteiger partial charge is 0.444 e. The lowest BCUT2D eigenvalue weighted by Crippen LogP contribution is -2.46. The van der Waals surface area contributed by atoms with Crippen molar-refractivity contribution >= 4 is 33.1 Å². The van der Waals surface area contributed by atoms with E-state index in [1.54, 1.807) is 14.1 Å². The Morgan fingerprint density at radius 1 is 1.29 bits per heavy atom. The van der Waals surface area contributed by atoms with E-state index in [-0.39, 0.29) is 29.3 Å². The summed E-state index contributed by atoms with van der Waals surface area (Å²) in [7, 11) is -0.407. The van der Waals surface area contributed by atoms with Crippen LogP contribution in [0.3, 0.4) is 0 Å². The minimum atomic E-state index is -3.90. The van der Waals surface area contributed by atoms with Gasteiger partial charge in [0.1, 0.15) is 12.4 Å². The van der Waals surface area contributed by atoms with E-state index in [1.807, 2.05) is 12.5 Å². The number of nitrogens with zero attached hydrogens (tertiary/aromatic N) is 2. The molecule has 1 heterocycles. The van der Waals surface area contributed by atoms with Crippen molar-refractivity contribution < 1.29 is 22.7 Å². The molecule has 2 aliphatic rings. The summed E-state index contributed by atoms with van der Waals surface area (Å²) in [5.74, 6) is 0.481. The van der Waals surface area contributed by atoms with Gasteiger partial charge in [-0.1, -0.05) is 0 Å². The molecule has 0 bridgehead atoms. The lowest BCUT2D eigenvalue weighted by Gasteiger charge is -2.33. The highest BCUT2D eigenvalue weighted by Crippen LogP contribution is 2.35. The van der Waals surface area contributed by atoms with Gasteiger partial charge in [-0.05, 0) is 30.2 Å². The van der Waals surface area contributed by atoms with Gasteiger partial charge in [0.05, 0.1) is 18.6 Å². The fourth-order valence-corrected chi connectivity index (χ4v) is 5.19. The van der Waals surface area contributed by atoms with Crippen LogP contribution in [0.4, 0.5) is 4.79 Å². The van der Waals surface area contributed by atoms with Gasteiger partial charge in [0.25, 0.3) is 0 Å². The molecule has 1 unspecified atom stereocenters. The Morgan fingerprint density at radius 3 is 2.54 bits per heavy atom. The topological polar surface area (TPSA) is 96.0 Å². The second-order valence-corrected chi connectivity index (χ2v) is 10.6. The van der Waals surface area contributed by atoms with E-state index in [2.05, 4.69) is 4.72 Å². The Hall–Kier alpha value is -1.00. The fraction of sp³-hybridized carbons (Fsp3) is 0.857. The predicted octanol–water partition coefficient (Wildman–Crippen LogP) is -0.224. The second-order valence-electron chi connectivity index (χ2n) is 6.64. The van der Waals surface area contributed by atoms with Gasteiger partial charge in [-0.2, -0.15) is 17.4 Å². The van der Waals surface area contributed by atoms with Crippen molar-refractivity contribution in [2.45, 2.75) is 31.3 Å². The van der Waals surface area contributed by atoms with Crippen LogP contribution in [0.25, 0.3) is 0 Å².